The lowest BCUT2D eigenvalue weighted by Crippen LogP contribution is -1.89. The van der Waals surface area contributed by atoms with Crippen molar-refractivity contribution in [1.29, 1.82) is 0 Å². The Balaban J connectivity index is 2.28. The molecule has 0 saturated carbocycles. The van der Waals surface area contributed by atoms with Crippen LogP contribution in [-0.2, 0) is 0 Å². The zero-order valence-corrected chi connectivity index (χ0v) is 8.55. The predicted molar refractivity (Wildman–Crippen MR) is 58.0 cm³/mol. The summed E-state index contributed by atoms with van der Waals surface area (Å²) in [6, 6.07) is 7.78. The van der Waals surface area contributed by atoms with Crippen LogP contribution in [0.1, 0.15) is 5.56 Å². The molecule has 0 saturated heterocycles. The summed E-state index contributed by atoms with van der Waals surface area (Å²) in [5.41, 5.74) is 1.16. The number of benzene rings is 1. The molecule has 1 aromatic rings. The standard InChI is InChI=1S/C8H6ClNS2/c9-7-3-1-6(2-4-7)8-10-12-5-11-8/h1-4H,5H2. The summed E-state index contributed by atoms with van der Waals surface area (Å²) >= 11 is 9.14. The highest BCUT2D eigenvalue weighted by atomic mass is 35.5. The maximum Gasteiger partial charge on any atom is 0.112 e. The molecule has 62 valence electrons. The van der Waals surface area contributed by atoms with Crippen LogP contribution in [0.5, 0.6) is 0 Å². The van der Waals surface area contributed by atoms with E-state index in [2.05, 4.69) is 4.40 Å². The van der Waals surface area contributed by atoms with Gasteiger partial charge >= 0.3 is 0 Å². The number of thioether (sulfide) groups is 1. The van der Waals surface area contributed by atoms with Crippen molar-refractivity contribution in [3.8, 4) is 0 Å². The van der Waals surface area contributed by atoms with Gasteiger partial charge in [0.2, 0.25) is 0 Å². The molecule has 4 heteroatoms. The summed E-state index contributed by atoms with van der Waals surface area (Å²) in [5.74, 6) is 0. The number of halogens is 1. The summed E-state index contributed by atoms with van der Waals surface area (Å²) in [7, 11) is 0. The molecule has 1 nitrogen and oxygen atoms in total. The van der Waals surface area contributed by atoms with Crippen LogP contribution >= 0.6 is 35.3 Å². The number of hydrogen-bond donors (Lipinski definition) is 0. The van der Waals surface area contributed by atoms with Gasteiger partial charge in [0.05, 0.1) is 5.08 Å². The number of rotatable bonds is 1. The van der Waals surface area contributed by atoms with Gasteiger partial charge in [0.15, 0.2) is 0 Å². The van der Waals surface area contributed by atoms with Crippen LogP contribution in [-0.4, -0.2) is 10.1 Å². The van der Waals surface area contributed by atoms with Gasteiger partial charge < -0.3 is 0 Å². The summed E-state index contributed by atoms with van der Waals surface area (Å²) in [4.78, 5) is 0. The molecule has 0 fully saturated rings. The van der Waals surface area contributed by atoms with E-state index in [1.54, 1.807) is 23.7 Å². The van der Waals surface area contributed by atoms with E-state index in [1.165, 1.54) is 0 Å². The first-order valence-electron chi connectivity index (χ1n) is 3.45. The first kappa shape index (κ1) is 8.48. The smallest absolute Gasteiger partial charge is 0.112 e. The molecule has 1 heterocycles. The summed E-state index contributed by atoms with van der Waals surface area (Å²) in [5, 5.41) is 2.91. The van der Waals surface area contributed by atoms with Crippen LogP contribution in [0.25, 0.3) is 0 Å². The van der Waals surface area contributed by atoms with E-state index < -0.39 is 0 Å². The minimum Gasteiger partial charge on any atom is -0.208 e. The van der Waals surface area contributed by atoms with Crippen molar-refractivity contribution in [3.05, 3.63) is 34.9 Å². The second-order valence-electron chi connectivity index (χ2n) is 2.29. The fraction of sp³-hybridized carbons (Fsp3) is 0.125. The molecule has 0 amide bonds. The van der Waals surface area contributed by atoms with Gasteiger partial charge in [-0.1, -0.05) is 35.5 Å². The van der Waals surface area contributed by atoms with E-state index in [-0.39, 0.29) is 0 Å². The van der Waals surface area contributed by atoms with Crippen molar-refractivity contribution < 1.29 is 0 Å². The average Bonchev–Trinajstić information content (AvgIpc) is 2.58. The Kier molecular flexibility index (Phi) is 2.63. The first-order chi connectivity index (χ1) is 5.86. The van der Waals surface area contributed by atoms with Crippen LogP contribution in [0.4, 0.5) is 0 Å². The molecule has 0 spiro atoms. The molecule has 1 aliphatic rings. The van der Waals surface area contributed by atoms with Crippen molar-refractivity contribution >= 4 is 40.4 Å². The Morgan fingerprint density at radius 1 is 1.25 bits per heavy atom. The van der Waals surface area contributed by atoms with Crippen LogP contribution in [0.15, 0.2) is 28.7 Å². The zero-order valence-electron chi connectivity index (χ0n) is 6.16. The molecule has 0 radical (unpaired) electrons. The molecule has 1 aromatic carbocycles. The lowest BCUT2D eigenvalue weighted by molar-refractivity contribution is 1.66. The van der Waals surface area contributed by atoms with E-state index in [1.807, 2.05) is 24.3 Å². The number of hydrogen-bond acceptors (Lipinski definition) is 3. The summed E-state index contributed by atoms with van der Waals surface area (Å²) in [6.45, 7) is 0. The van der Waals surface area contributed by atoms with E-state index in [0.717, 1.165) is 20.7 Å². The SMILES string of the molecule is Clc1ccc(C2=NSCS2)cc1. The van der Waals surface area contributed by atoms with E-state index >= 15 is 0 Å². The second-order valence-corrected chi connectivity index (χ2v) is 4.79. The third kappa shape index (κ3) is 1.79. The highest BCUT2D eigenvalue weighted by Crippen LogP contribution is 2.28. The maximum atomic E-state index is 5.77. The molecule has 12 heavy (non-hydrogen) atoms. The van der Waals surface area contributed by atoms with Gasteiger partial charge in [0.25, 0.3) is 0 Å². The van der Waals surface area contributed by atoms with E-state index in [9.17, 15) is 0 Å². The van der Waals surface area contributed by atoms with Crippen molar-refractivity contribution in [3.63, 3.8) is 0 Å². The van der Waals surface area contributed by atoms with Gasteiger partial charge in [-0.25, -0.2) is 4.40 Å². The largest absolute Gasteiger partial charge is 0.208 e. The monoisotopic (exact) mass is 215 g/mol. The predicted octanol–water partition coefficient (Wildman–Crippen LogP) is 3.44. The Hall–Kier alpha value is -0.120. The summed E-state index contributed by atoms with van der Waals surface area (Å²) < 4.78 is 4.29. The fourth-order valence-corrected chi connectivity index (χ4v) is 2.81. The Morgan fingerprint density at radius 3 is 2.58 bits per heavy atom. The number of nitrogens with zero attached hydrogens (tertiary/aromatic N) is 1. The Morgan fingerprint density at radius 2 is 2.00 bits per heavy atom. The van der Waals surface area contributed by atoms with Gasteiger partial charge in [0.1, 0.15) is 5.04 Å². The van der Waals surface area contributed by atoms with Crippen molar-refractivity contribution in [2.24, 2.45) is 4.40 Å². The Labute approximate surface area is 84.7 Å². The Bertz CT molecular complexity index is 307. The molecule has 2 rings (SSSR count). The first-order valence-corrected chi connectivity index (χ1v) is 5.75. The van der Waals surface area contributed by atoms with Gasteiger partial charge in [-0.15, -0.1) is 0 Å². The van der Waals surface area contributed by atoms with Gasteiger partial charge in [-0.05, 0) is 24.1 Å². The third-order valence-corrected chi connectivity index (χ3v) is 3.66. The molecule has 1 aliphatic heterocycles. The third-order valence-electron chi connectivity index (χ3n) is 1.49. The van der Waals surface area contributed by atoms with Gasteiger partial charge in [0, 0.05) is 10.6 Å². The van der Waals surface area contributed by atoms with Crippen LogP contribution in [0, 0.1) is 0 Å². The molecule has 0 aromatic heterocycles. The zero-order chi connectivity index (χ0) is 8.39. The average molecular weight is 216 g/mol. The van der Waals surface area contributed by atoms with Gasteiger partial charge in [-0.3, -0.25) is 0 Å². The van der Waals surface area contributed by atoms with Crippen molar-refractivity contribution in [2.75, 3.05) is 5.08 Å². The topological polar surface area (TPSA) is 12.4 Å². The molecule has 0 atom stereocenters. The molecule has 0 N–H and O–H groups in total. The maximum absolute atomic E-state index is 5.77. The summed E-state index contributed by atoms with van der Waals surface area (Å²) in [6.07, 6.45) is 0. The van der Waals surface area contributed by atoms with E-state index in [4.69, 9.17) is 11.6 Å². The van der Waals surface area contributed by atoms with Crippen LogP contribution < -0.4 is 0 Å². The highest BCUT2D eigenvalue weighted by Gasteiger charge is 2.09. The van der Waals surface area contributed by atoms with E-state index in [0.29, 0.717) is 0 Å². The second kappa shape index (κ2) is 3.73. The minimum atomic E-state index is 0.773. The molecule has 0 bridgehead atoms. The van der Waals surface area contributed by atoms with Crippen LogP contribution in [0.2, 0.25) is 5.02 Å². The fourth-order valence-electron chi connectivity index (χ4n) is 0.922. The van der Waals surface area contributed by atoms with Gasteiger partial charge in [-0.2, -0.15) is 0 Å². The quantitative estimate of drug-likeness (QED) is 0.666. The van der Waals surface area contributed by atoms with Crippen molar-refractivity contribution in [1.82, 2.24) is 0 Å². The minimum absolute atomic E-state index is 0.773. The molecule has 0 unspecified atom stereocenters. The van der Waals surface area contributed by atoms with Crippen molar-refractivity contribution in [2.45, 2.75) is 0 Å². The lowest BCUT2D eigenvalue weighted by Gasteiger charge is -1.97. The highest BCUT2D eigenvalue weighted by molar-refractivity contribution is 8.27. The lowest BCUT2D eigenvalue weighted by atomic mass is 10.2. The molecule has 0 aliphatic carbocycles. The normalized spacial score (nSPS) is 16.2. The van der Waals surface area contributed by atoms with Crippen LogP contribution in [0.3, 0.4) is 0 Å². The molecular weight excluding hydrogens is 210 g/mol. The molecular formula is C8H6ClNS2.